The highest BCUT2D eigenvalue weighted by atomic mass is 16.5. The maximum absolute atomic E-state index is 11.9. The first-order valence-electron chi connectivity index (χ1n) is 8.82. The second kappa shape index (κ2) is 6.88. The number of carbonyl (C=O) groups excluding carboxylic acids is 1. The number of benzene rings is 1. The number of nitrogens with zero attached hydrogens (tertiary/aromatic N) is 2. The van der Waals surface area contributed by atoms with Crippen molar-refractivity contribution in [1.29, 1.82) is 0 Å². The van der Waals surface area contributed by atoms with Gasteiger partial charge in [-0.25, -0.2) is 4.79 Å². The van der Waals surface area contributed by atoms with Gasteiger partial charge in [0.15, 0.2) is 5.69 Å². The average molecular weight is 341 g/mol. The molecule has 0 amide bonds. The number of nitrogens with one attached hydrogen (secondary N) is 1. The van der Waals surface area contributed by atoms with Gasteiger partial charge < -0.3 is 9.47 Å². The van der Waals surface area contributed by atoms with Gasteiger partial charge in [-0.15, -0.1) is 0 Å². The van der Waals surface area contributed by atoms with E-state index in [4.69, 9.17) is 9.47 Å². The Morgan fingerprint density at radius 1 is 1.44 bits per heavy atom. The Balaban J connectivity index is 1.46. The Hall–Kier alpha value is -2.34. The van der Waals surface area contributed by atoms with E-state index in [1.54, 1.807) is 0 Å². The Bertz CT molecular complexity index is 771. The number of ether oxygens (including phenoxy) is 2. The summed E-state index contributed by atoms with van der Waals surface area (Å²) in [4.78, 5) is 14.3. The minimum atomic E-state index is -0.365. The third kappa shape index (κ3) is 3.26. The number of rotatable bonds is 3. The van der Waals surface area contributed by atoms with Gasteiger partial charge in [0, 0.05) is 37.3 Å². The number of hydrogen-bond acceptors (Lipinski definition) is 5. The molecule has 2 aromatic rings. The number of methoxy groups -OCH3 is 1. The van der Waals surface area contributed by atoms with Crippen molar-refractivity contribution in [3.05, 3.63) is 46.8 Å². The summed E-state index contributed by atoms with van der Waals surface area (Å²) in [6, 6.07) is 8.32. The summed E-state index contributed by atoms with van der Waals surface area (Å²) in [5, 5.41) is 7.14. The van der Waals surface area contributed by atoms with Crippen LogP contribution in [0.4, 0.5) is 0 Å². The normalized spacial score (nSPS) is 20.1. The van der Waals surface area contributed by atoms with Crippen LogP contribution in [0.3, 0.4) is 0 Å². The molecule has 0 saturated heterocycles. The second-order valence-electron chi connectivity index (χ2n) is 6.82. The largest absolute Gasteiger partial charge is 0.493 e. The number of H-pyrrole nitrogens is 1. The first kappa shape index (κ1) is 16.1. The van der Waals surface area contributed by atoms with Gasteiger partial charge in [-0.2, -0.15) is 5.10 Å². The van der Waals surface area contributed by atoms with Gasteiger partial charge in [0.2, 0.25) is 0 Å². The number of fused-ring (bicyclic) bond motifs is 2. The van der Waals surface area contributed by atoms with Crippen molar-refractivity contribution in [1.82, 2.24) is 15.1 Å². The summed E-state index contributed by atoms with van der Waals surface area (Å²) in [5.41, 5.74) is 3.77. The maximum atomic E-state index is 11.9. The lowest BCUT2D eigenvalue weighted by Gasteiger charge is -2.30. The van der Waals surface area contributed by atoms with Crippen LogP contribution >= 0.6 is 0 Å². The summed E-state index contributed by atoms with van der Waals surface area (Å²) >= 11 is 0. The zero-order valence-corrected chi connectivity index (χ0v) is 14.5. The Morgan fingerprint density at radius 2 is 2.32 bits per heavy atom. The molecular weight excluding hydrogens is 318 g/mol. The van der Waals surface area contributed by atoms with Crippen molar-refractivity contribution in [2.24, 2.45) is 5.92 Å². The van der Waals surface area contributed by atoms with Gasteiger partial charge in [-0.1, -0.05) is 18.2 Å². The molecule has 2 aliphatic heterocycles. The molecule has 0 bridgehead atoms. The molecule has 2 aliphatic rings. The molecule has 1 atom stereocenters. The lowest BCUT2D eigenvalue weighted by molar-refractivity contribution is 0.0591. The van der Waals surface area contributed by atoms with Crippen LogP contribution in [0.1, 0.15) is 33.7 Å². The first-order chi connectivity index (χ1) is 12.2. The fraction of sp³-hybridized carbons (Fsp3) is 0.474. The zero-order valence-electron chi connectivity index (χ0n) is 14.5. The van der Waals surface area contributed by atoms with Crippen LogP contribution in [0.5, 0.6) is 5.75 Å². The molecule has 3 heterocycles. The van der Waals surface area contributed by atoms with Crippen LogP contribution in [-0.2, 0) is 24.1 Å². The predicted molar refractivity (Wildman–Crippen MR) is 92.7 cm³/mol. The average Bonchev–Trinajstić information content (AvgIpc) is 2.94. The van der Waals surface area contributed by atoms with Crippen molar-refractivity contribution in [3.8, 4) is 5.75 Å². The van der Waals surface area contributed by atoms with Crippen LogP contribution in [-0.4, -0.2) is 47.9 Å². The van der Waals surface area contributed by atoms with E-state index < -0.39 is 0 Å². The molecule has 1 aromatic heterocycles. The molecular formula is C19H23N3O3. The molecule has 0 fully saturated rings. The van der Waals surface area contributed by atoms with E-state index in [-0.39, 0.29) is 5.97 Å². The third-order valence-electron chi connectivity index (χ3n) is 5.17. The summed E-state index contributed by atoms with van der Waals surface area (Å²) in [7, 11) is 1.40. The first-order valence-corrected chi connectivity index (χ1v) is 8.82. The number of aromatic nitrogens is 2. The summed E-state index contributed by atoms with van der Waals surface area (Å²) in [6.07, 6.45) is 2.97. The number of esters is 1. The number of para-hydroxylation sites is 1. The van der Waals surface area contributed by atoms with Crippen LogP contribution in [0.25, 0.3) is 0 Å². The molecule has 25 heavy (non-hydrogen) atoms. The van der Waals surface area contributed by atoms with E-state index in [1.165, 1.54) is 12.7 Å². The van der Waals surface area contributed by atoms with Crippen molar-refractivity contribution < 1.29 is 14.3 Å². The van der Waals surface area contributed by atoms with E-state index in [0.29, 0.717) is 11.6 Å². The molecule has 0 unspecified atom stereocenters. The Kier molecular flexibility index (Phi) is 4.44. The molecule has 1 aromatic carbocycles. The summed E-state index contributed by atoms with van der Waals surface area (Å²) in [6.45, 7) is 3.49. The minimum Gasteiger partial charge on any atom is -0.493 e. The quantitative estimate of drug-likeness (QED) is 0.867. The fourth-order valence-corrected chi connectivity index (χ4v) is 3.86. The van der Waals surface area contributed by atoms with E-state index in [2.05, 4.69) is 33.3 Å². The number of aromatic amines is 1. The number of hydrogen-bond donors (Lipinski definition) is 1. The highest BCUT2D eigenvalue weighted by Crippen LogP contribution is 2.28. The highest BCUT2D eigenvalue weighted by molar-refractivity contribution is 5.89. The van der Waals surface area contributed by atoms with Gasteiger partial charge in [-0.3, -0.25) is 10.00 Å². The molecule has 0 radical (unpaired) electrons. The zero-order chi connectivity index (χ0) is 17.2. The molecule has 4 rings (SSSR count). The molecule has 0 aliphatic carbocycles. The van der Waals surface area contributed by atoms with Gasteiger partial charge >= 0.3 is 5.97 Å². The Morgan fingerprint density at radius 3 is 3.20 bits per heavy atom. The lowest BCUT2D eigenvalue weighted by Crippen LogP contribution is -2.35. The molecule has 132 valence electrons. The number of carbonyl (C=O) groups is 1. The summed E-state index contributed by atoms with van der Waals surface area (Å²) < 4.78 is 10.7. The van der Waals surface area contributed by atoms with Gasteiger partial charge in [0.1, 0.15) is 5.75 Å². The van der Waals surface area contributed by atoms with Crippen molar-refractivity contribution in [2.45, 2.75) is 25.8 Å². The molecule has 0 spiro atoms. The van der Waals surface area contributed by atoms with Crippen molar-refractivity contribution >= 4 is 5.97 Å². The lowest BCUT2D eigenvalue weighted by atomic mass is 9.95. The SMILES string of the molecule is COC(=O)c1n[nH]c2c1CN(C[C@H]1CCOc3ccccc3C1)CC2. The monoisotopic (exact) mass is 341 g/mol. The standard InChI is InChI=1S/C19H23N3O3/c1-24-19(23)18-15-12-22(8-6-16(15)20-21-18)11-13-7-9-25-17-5-3-2-4-14(17)10-13/h2-5,13H,6-12H2,1H3,(H,20,21)/t13-/m0/s1. The molecule has 6 heteroatoms. The van der Waals surface area contributed by atoms with E-state index in [1.807, 2.05) is 6.07 Å². The van der Waals surface area contributed by atoms with Gasteiger partial charge in [0.25, 0.3) is 0 Å². The van der Waals surface area contributed by atoms with Gasteiger partial charge in [0.05, 0.1) is 13.7 Å². The highest BCUT2D eigenvalue weighted by Gasteiger charge is 2.28. The maximum Gasteiger partial charge on any atom is 0.358 e. The smallest absolute Gasteiger partial charge is 0.358 e. The predicted octanol–water partition coefficient (Wildman–Crippen LogP) is 2.20. The van der Waals surface area contributed by atoms with E-state index >= 15 is 0 Å². The second-order valence-corrected chi connectivity index (χ2v) is 6.82. The van der Waals surface area contributed by atoms with E-state index in [0.717, 1.165) is 62.5 Å². The van der Waals surface area contributed by atoms with Crippen LogP contribution < -0.4 is 4.74 Å². The van der Waals surface area contributed by atoms with Gasteiger partial charge in [-0.05, 0) is 30.4 Å². The topological polar surface area (TPSA) is 67.5 Å². The molecule has 0 saturated carbocycles. The third-order valence-corrected chi connectivity index (χ3v) is 5.17. The van der Waals surface area contributed by atoms with Crippen molar-refractivity contribution in [2.75, 3.05) is 26.8 Å². The fourth-order valence-electron chi connectivity index (χ4n) is 3.86. The summed E-state index contributed by atoms with van der Waals surface area (Å²) in [5.74, 6) is 1.21. The van der Waals surface area contributed by atoms with Crippen LogP contribution in [0.2, 0.25) is 0 Å². The molecule has 6 nitrogen and oxygen atoms in total. The Labute approximate surface area is 147 Å². The van der Waals surface area contributed by atoms with Crippen molar-refractivity contribution in [3.63, 3.8) is 0 Å². The van der Waals surface area contributed by atoms with E-state index in [9.17, 15) is 4.79 Å². The minimum absolute atomic E-state index is 0.365. The van der Waals surface area contributed by atoms with Crippen LogP contribution in [0.15, 0.2) is 24.3 Å². The van der Waals surface area contributed by atoms with Crippen LogP contribution in [0, 0.1) is 5.92 Å². The molecule has 1 N–H and O–H groups in total.